The molecule has 0 fully saturated rings. The van der Waals surface area contributed by atoms with Gasteiger partial charge in [0.1, 0.15) is 0 Å². The van der Waals surface area contributed by atoms with Crippen LogP contribution in [0.1, 0.15) is 16.1 Å². The molecular formula is C16H11ClFNO2. The third-order valence-corrected chi connectivity index (χ3v) is 3.48. The summed E-state index contributed by atoms with van der Waals surface area (Å²) in [5.74, 6) is -0.809. The van der Waals surface area contributed by atoms with E-state index in [0.29, 0.717) is 21.7 Å². The summed E-state index contributed by atoms with van der Waals surface area (Å²) in [7, 11) is 0. The highest BCUT2D eigenvalue weighted by atomic mass is 35.5. The Hall–Kier alpha value is -2.33. The van der Waals surface area contributed by atoms with E-state index in [-0.39, 0.29) is 11.3 Å². The zero-order valence-corrected chi connectivity index (χ0v) is 11.9. The van der Waals surface area contributed by atoms with Gasteiger partial charge in [-0.1, -0.05) is 23.7 Å². The molecule has 0 aliphatic rings. The molecule has 21 heavy (non-hydrogen) atoms. The number of aryl methyl sites for hydroxylation is 1. The highest BCUT2D eigenvalue weighted by Crippen LogP contribution is 2.27. The molecule has 106 valence electrons. The molecule has 0 atom stereocenters. The number of anilines is 1. The number of halogens is 2. The van der Waals surface area contributed by atoms with Gasteiger partial charge >= 0.3 is 0 Å². The first-order valence-corrected chi connectivity index (χ1v) is 6.68. The van der Waals surface area contributed by atoms with Crippen LogP contribution >= 0.6 is 11.6 Å². The zero-order chi connectivity index (χ0) is 15.0. The third-order valence-electron chi connectivity index (χ3n) is 3.22. The van der Waals surface area contributed by atoms with Crippen molar-refractivity contribution in [2.75, 3.05) is 5.32 Å². The Morgan fingerprint density at radius 3 is 2.57 bits per heavy atom. The summed E-state index contributed by atoms with van der Waals surface area (Å²) in [6, 6.07) is 11.3. The second-order valence-corrected chi connectivity index (χ2v) is 5.07. The lowest BCUT2D eigenvalue weighted by Gasteiger charge is -2.03. The minimum absolute atomic E-state index is 0.0938. The molecule has 0 spiro atoms. The first kappa shape index (κ1) is 13.6. The number of carbonyl (C=O) groups excluding carboxylic acids is 1. The summed E-state index contributed by atoms with van der Waals surface area (Å²) in [4.78, 5) is 12.2. The van der Waals surface area contributed by atoms with Gasteiger partial charge in [0.2, 0.25) is 0 Å². The van der Waals surface area contributed by atoms with E-state index in [1.54, 1.807) is 43.3 Å². The van der Waals surface area contributed by atoms with Crippen LogP contribution in [0.2, 0.25) is 5.02 Å². The smallest absolute Gasteiger partial charge is 0.291 e. The molecular weight excluding hydrogens is 293 g/mol. The Bertz CT molecular complexity index is 824. The number of carbonyl (C=O) groups is 1. The molecule has 0 unspecified atom stereocenters. The van der Waals surface area contributed by atoms with Gasteiger partial charge in [-0.15, -0.1) is 0 Å². The van der Waals surface area contributed by atoms with Gasteiger partial charge in [0.05, 0.1) is 0 Å². The number of para-hydroxylation sites is 1. The fraction of sp³-hybridized carbons (Fsp3) is 0.0625. The standard InChI is InChI=1S/C16H11ClFNO2/c1-9-12-3-2-4-13(18)15(12)21-14(9)16(20)19-11-7-5-10(17)6-8-11/h2-8H,1H3,(H,19,20). The number of amides is 1. The van der Waals surface area contributed by atoms with Gasteiger partial charge in [0.15, 0.2) is 17.2 Å². The number of furan rings is 1. The second-order valence-electron chi connectivity index (χ2n) is 4.63. The van der Waals surface area contributed by atoms with Crippen molar-refractivity contribution in [1.29, 1.82) is 0 Å². The van der Waals surface area contributed by atoms with Crippen molar-refractivity contribution in [3.63, 3.8) is 0 Å². The molecule has 1 heterocycles. The van der Waals surface area contributed by atoms with Crippen LogP contribution in [-0.2, 0) is 0 Å². The molecule has 0 radical (unpaired) electrons. The highest BCUT2D eigenvalue weighted by Gasteiger charge is 2.19. The topological polar surface area (TPSA) is 42.2 Å². The molecule has 3 aromatic rings. The summed E-state index contributed by atoms with van der Waals surface area (Å²) in [5, 5.41) is 3.87. The van der Waals surface area contributed by atoms with E-state index in [9.17, 15) is 9.18 Å². The summed E-state index contributed by atoms with van der Waals surface area (Å²) in [6.45, 7) is 1.72. The fourth-order valence-corrected chi connectivity index (χ4v) is 2.27. The molecule has 1 aromatic heterocycles. The predicted octanol–water partition coefficient (Wildman–Crippen LogP) is 4.79. The SMILES string of the molecule is Cc1c(C(=O)Nc2ccc(Cl)cc2)oc2c(F)cccc12. The van der Waals surface area contributed by atoms with Crippen LogP contribution < -0.4 is 5.32 Å². The zero-order valence-electron chi connectivity index (χ0n) is 11.1. The minimum atomic E-state index is -0.485. The lowest BCUT2D eigenvalue weighted by Crippen LogP contribution is -2.11. The Kier molecular flexibility index (Phi) is 3.39. The molecule has 0 aliphatic carbocycles. The van der Waals surface area contributed by atoms with Crippen LogP contribution in [0.5, 0.6) is 0 Å². The van der Waals surface area contributed by atoms with E-state index in [2.05, 4.69) is 5.32 Å². The number of benzene rings is 2. The van der Waals surface area contributed by atoms with Gasteiger partial charge in [-0.25, -0.2) is 4.39 Å². The molecule has 2 aromatic carbocycles. The monoisotopic (exact) mass is 303 g/mol. The van der Waals surface area contributed by atoms with Crippen LogP contribution in [0.15, 0.2) is 46.9 Å². The first-order valence-electron chi connectivity index (χ1n) is 6.31. The van der Waals surface area contributed by atoms with E-state index in [1.165, 1.54) is 6.07 Å². The quantitative estimate of drug-likeness (QED) is 0.740. The van der Waals surface area contributed by atoms with Gasteiger partial charge in [-0.3, -0.25) is 4.79 Å². The largest absolute Gasteiger partial charge is 0.448 e. The maximum Gasteiger partial charge on any atom is 0.291 e. The molecule has 0 saturated heterocycles. The van der Waals surface area contributed by atoms with Crippen LogP contribution in [0.25, 0.3) is 11.0 Å². The second kappa shape index (κ2) is 5.22. The van der Waals surface area contributed by atoms with Crippen LogP contribution in [0.4, 0.5) is 10.1 Å². The van der Waals surface area contributed by atoms with Crippen molar-refractivity contribution in [3.8, 4) is 0 Å². The van der Waals surface area contributed by atoms with E-state index >= 15 is 0 Å². The van der Waals surface area contributed by atoms with Crippen molar-refractivity contribution in [3.05, 3.63) is 64.6 Å². The summed E-state index contributed by atoms with van der Waals surface area (Å²) >= 11 is 5.79. The highest BCUT2D eigenvalue weighted by molar-refractivity contribution is 6.30. The average molecular weight is 304 g/mol. The van der Waals surface area contributed by atoms with Crippen molar-refractivity contribution in [1.82, 2.24) is 0 Å². The summed E-state index contributed by atoms with van der Waals surface area (Å²) in [5.41, 5.74) is 1.29. The lowest BCUT2D eigenvalue weighted by atomic mass is 10.1. The predicted molar refractivity (Wildman–Crippen MR) is 80.3 cm³/mol. The van der Waals surface area contributed by atoms with Gasteiger partial charge in [0, 0.05) is 21.7 Å². The maximum absolute atomic E-state index is 13.7. The Balaban J connectivity index is 1.96. The maximum atomic E-state index is 13.7. The first-order chi connectivity index (χ1) is 10.1. The molecule has 3 nitrogen and oxygen atoms in total. The van der Waals surface area contributed by atoms with Gasteiger partial charge in [0.25, 0.3) is 5.91 Å². The molecule has 0 saturated carbocycles. The number of fused-ring (bicyclic) bond motifs is 1. The normalized spacial score (nSPS) is 10.8. The summed E-state index contributed by atoms with van der Waals surface area (Å²) < 4.78 is 19.0. The minimum Gasteiger partial charge on any atom is -0.448 e. The van der Waals surface area contributed by atoms with E-state index in [0.717, 1.165) is 0 Å². The van der Waals surface area contributed by atoms with Crippen molar-refractivity contribution in [2.24, 2.45) is 0 Å². The van der Waals surface area contributed by atoms with Gasteiger partial charge in [-0.2, -0.15) is 0 Å². The number of hydrogen-bond donors (Lipinski definition) is 1. The molecule has 0 aliphatic heterocycles. The van der Waals surface area contributed by atoms with Crippen molar-refractivity contribution < 1.29 is 13.6 Å². The average Bonchev–Trinajstić information content (AvgIpc) is 2.81. The van der Waals surface area contributed by atoms with Crippen molar-refractivity contribution >= 4 is 34.2 Å². The fourth-order valence-electron chi connectivity index (χ4n) is 2.15. The van der Waals surface area contributed by atoms with E-state index < -0.39 is 11.7 Å². The Labute approximate surface area is 125 Å². The molecule has 1 amide bonds. The molecule has 5 heteroatoms. The number of rotatable bonds is 2. The van der Waals surface area contributed by atoms with Gasteiger partial charge < -0.3 is 9.73 Å². The Morgan fingerprint density at radius 1 is 1.19 bits per heavy atom. The third kappa shape index (κ3) is 2.50. The summed E-state index contributed by atoms with van der Waals surface area (Å²) in [6.07, 6.45) is 0. The van der Waals surface area contributed by atoms with Crippen LogP contribution in [-0.4, -0.2) is 5.91 Å². The van der Waals surface area contributed by atoms with Crippen LogP contribution in [0, 0.1) is 12.7 Å². The lowest BCUT2D eigenvalue weighted by molar-refractivity contribution is 0.0997. The van der Waals surface area contributed by atoms with E-state index in [4.69, 9.17) is 16.0 Å². The van der Waals surface area contributed by atoms with Gasteiger partial charge in [-0.05, 0) is 37.3 Å². The Morgan fingerprint density at radius 2 is 1.90 bits per heavy atom. The van der Waals surface area contributed by atoms with Crippen molar-refractivity contribution in [2.45, 2.75) is 6.92 Å². The molecule has 3 rings (SSSR count). The van der Waals surface area contributed by atoms with E-state index in [1.807, 2.05) is 0 Å². The molecule has 1 N–H and O–H groups in total. The number of nitrogens with one attached hydrogen (secondary N) is 1. The molecule has 0 bridgehead atoms. The van der Waals surface area contributed by atoms with Crippen LogP contribution in [0.3, 0.4) is 0 Å². The number of hydrogen-bond acceptors (Lipinski definition) is 2.